The SMILES string of the molecule is Cn1cc(-c2cc(CN3CCNCC3)ccc2Oc2ccc(F)cc2F)c2cc[nH]c(=O)c21. The highest BCUT2D eigenvalue weighted by molar-refractivity contribution is 5.97. The van der Waals surface area contributed by atoms with Crippen LogP contribution in [0.3, 0.4) is 0 Å². The molecule has 0 amide bonds. The van der Waals surface area contributed by atoms with E-state index in [4.69, 9.17) is 4.74 Å². The Kier molecular flexibility index (Phi) is 5.70. The fourth-order valence-corrected chi connectivity index (χ4v) is 4.36. The number of fused-ring (bicyclic) bond motifs is 1. The van der Waals surface area contributed by atoms with Crippen LogP contribution in [0.2, 0.25) is 0 Å². The van der Waals surface area contributed by atoms with Crippen LogP contribution in [0, 0.1) is 11.6 Å². The van der Waals surface area contributed by atoms with Crippen molar-refractivity contribution in [3.05, 3.63) is 82.4 Å². The van der Waals surface area contributed by atoms with Crippen molar-refractivity contribution in [2.24, 2.45) is 7.05 Å². The van der Waals surface area contributed by atoms with Gasteiger partial charge in [0, 0.05) is 74.7 Å². The van der Waals surface area contributed by atoms with Crippen molar-refractivity contribution in [3.8, 4) is 22.6 Å². The van der Waals surface area contributed by atoms with Gasteiger partial charge < -0.3 is 19.6 Å². The van der Waals surface area contributed by atoms with Crippen molar-refractivity contribution >= 4 is 10.9 Å². The lowest BCUT2D eigenvalue weighted by Crippen LogP contribution is -2.42. The van der Waals surface area contributed by atoms with Crippen molar-refractivity contribution in [2.45, 2.75) is 6.54 Å². The second-order valence-electron chi connectivity index (χ2n) is 8.26. The molecule has 0 radical (unpaired) electrons. The summed E-state index contributed by atoms with van der Waals surface area (Å²) in [6, 6.07) is 10.9. The number of H-pyrrole nitrogens is 1. The highest BCUT2D eigenvalue weighted by Crippen LogP contribution is 2.39. The normalized spacial score (nSPS) is 14.6. The lowest BCUT2D eigenvalue weighted by atomic mass is 10.0. The van der Waals surface area contributed by atoms with E-state index in [2.05, 4.69) is 15.2 Å². The van der Waals surface area contributed by atoms with Crippen molar-refractivity contribution in [1.29, 1.82) is 0 Å². The number of hydrogen-bond donors (Lipinski definition) is 2. The molecule has 33 heavy (non-hydrogen) atoms. The number of nitrogens with one attached hydrogen (secondary N) is 2. The second kappa shape index (κ2) is 8.80. The Labute approximate surface area is 189 Å². The molecule has 2 N–H and O–H groups in total. The summed E-state index contributed by atoms with van der Waals surface area (Å²) in [5.74, 6) is -1.08. The second-order valence-corrected chi connectivity index (χ2v) is 8.26. The van der Waals surface area contributed by atoms with Gasteiger partial charge in [-0.2, -0.15) is 0 Å². The summed E-state index contributed by atoms with van der Waals surface area (Å²) >= 11 is 0. The van der Waals surface area contributed by atoms with Crippen LogP contribution in [-0.2, 0) is 13.6 Å². The van der Waals surface area contributed by atoms with E-state index >= 15 is 0 Å². The van der Waals surface area contributed by atoms with Crippen molar-refractivity contribution in [2.75, 3.05) is 26.2 Å². The molecule has 0 aliphatic carbocycles. The maximum Gasteiger partial charge on any atom is 0.272 e. The molecule has 1 saturated heterocycles. The van der Waals surface area contributed by atoms with Gasteiger partial charge in [-0.15, -0.1) is 0 Å². The van der Waals surface area contributed by atoms with E-state index in [9.17, 15) is 13.6 Å². The van der Waals surface area contributed by atoms with Crippen LogP contribution in [0.4, 0.5) is 8.78 Å². The molecule has 0 atom stereocenters. The molecule has 0 spiro atoms. The summed E-state index contributed by atoms with van der Waals surface area (Å²) in [4.78, 5) is 17.5. The third kappa shape index (κ3) is 4.27. The number of piperazine rings is 1. The third-order valence-corrected chi connectivity index (χ3v) is 5.96. The van der Waals surface area contributed by atoms with Gasteiger partial charge in [0.1, 0.15) is 17.1 Å². The molecule has 5 rings (SSSR count). The van der Waals surface area contributed by atoms with Gasteiger partial charge in [-0.05, 0) is 35.9 Å². The first-order valence-electron chi connectivity index (χ1n) is 10.9. The minimum Gasteiger partial charge on any atom is -0.454 e. The first-order chi connectivity index (χ1) is 16.0. The number of ether oxygens (including phenoxy) is 1. The zero-order valence-corrected chi connectivity index (χ0v) is 18.2. The van der Waals surface area contributed by atoms with Gasteiger partial charge >= 0.3 is 0 Å². The van der Waals surface area contributed by atoms with Crippen LogP contribution < -0.4 is 15.6 Å². The molecule has 170 valence electrons. The predicted octanol–water partition coefficient (Wildman–Crippen LogP) is 4.01. The summed E-state index contributed by atoms with van der Waals surface area (Å²) in [6.07, 6.45) is 3.48. The van der Waals surface area contributed by atoms with E-state index in [-0.39, 0.29) is 11.3 Å². The van der Waals surface area contributed by atoms with Crippen LogP contribution in [0.15, 0.2) is 59.7 Å². The molecule has 6 nitrogen and oxygen atoms in total. The quantitative estimate of drug-likeness (QED) is 0.482. The molecular formula is C25H24F2N4O2. The Hall–Kier alpha value is -3.49. The highest BCUT2D eigenvalue weighted by atomic mass is 19.1. The van der Waals surface area contributed by atoms with E-state index in [1.54, 1.807) is 10.8 Å². The molecule has 0 bridgehead atoms. The summed E-state index contributed by atoms with van der Waals surface area (Å²) in [5.41, 5.74) is 2.98. The average Bonchev–Trinajstić information content (AvgIpc) is 3.15. The van der Waals surface area contributed by atoms with E-state index in [1.807, 2.05) is 37.5 Å². The molecule has 2 aromatic heterocycles. The Bertz CT molecular complexity index is 1370. The Balaban J connectivity index is 1.62. The standard InChI is InChI=1S/C25H24F2N4O2/c1-30-15-20(18-6-7-29-25(32)24(18)30)19-12-16(14-31-10-8-28-9-11-31)2-4-22(19)33-23-5-3-17(26)13-21(23)27/h2-7,12-13,15,28H,8-11,14H2,1H3,(H,29,32). The van der Waals surface area contributed by atoms with E-state index in [0.29, 0.717) is 11.3 Å². The minimum absolute atomic E-state index is 0.0643. The minimum atomic E-state index is -0.778. The first-order valence-corrected chi connectivity index (χ1v) is 10.9. The van der Waals surface area contributed by atoms with Gasteiger partial charge in [-0.3, -0.25) is 9.69 Å². The van der Waals surface area contributed by atoms with E-state index < -0.39 is 11.6 Å². The summed E-state index contributed by atoms with van der Waals surface area (Å²) in [6.45, 7) is 4.58. The third-order valence-electron chi connectivity index (χ3n) is 5.96. The smallest absolute Gasteiger partial charge is 0.272 e. The fourth-order valence-electron chi connectivity index (χ4n) is 4.36. The number of halogens is 2. The number of rotatable bonds is 5. The highest BCUT2D eigenvalue weighted by Gasteiger charge is 2.18. The van der Waals surface area contributed by atoms with Gasteiger partial charge in [-0.1, -0.05) is 6.07 Å². The number of nitrogens with zero attached hydrogens (tertiary/aromatic N) is 2. The van der Waals surface area contributed by atoms with Crippen LogP contribution in [0.1, 0.15) is 5.56 Å². The molecule has 0 saturated carbocycles. The average molecular weight is 450 g/mol. The number of hydrogen-bond acceptors (Lipinski definition) is 4. The van der Waals surface area contributed by atoms with Gasteiger partial charge in [0.05, 0.1) is 0 Å². The Morgan fingerprint density at radius 1 is 1.00 bits per heavy atom. The lowest BCUT2D eigenvalue weighted by Gasteiger charge is -2.27. The number of pyridine rings is 1. The number of aromatic nitrogens is 2. The summed E-state index contributed by atoms with van der Waals surface area (Å²) < 4.78 is 35.4. The van der Waals surface area contributed by atoms with Crippen LogP contribution in [0.5, 0.6) is 11.5 Å². The lowest BCUT2D eigenvalue weighted by molar-refractivity contribution is 0.233. The van der Waals surface area contributed by atoms with Gasteiger partial charge in [-0.25, -0.2) is 8.78 Å². The largest absolute Gasteiger partial charge is 0.454 e. The Morgan fingerprint density at radius 2 is 1.79 bits per heavy atom. The van der Waals surface area contributed by atoms with Gasteiger partial charge in [0.2, 0.25) is 0 Å². The number of aryl methyl sites for hydroxylation is 1. The summed E-state index contributed by atoms with van der Waals surface area (Å²) in [5, 5.41) is 4.12. The molecule has 2 aromatic carbocycles. The monoisotopic (exact) mass is 450 g/mol. The maximum atomic E-state index is 14.3. The fraction of sp³-hybridized carbons (Fsp3) is 0.240. The van der Waals surface area contributed by atoms with Crippen LogP contribution in [-0.4, -0.2) is 40.6 Å². The molecule has 1 aliphatic heterocycles. The zero-order chi connectivity index (χ0) is 22.9. The molecule has 8 heteroatoms. The molecule has 1 aliphatic rings. The van der Waals surface area contributed by atoms with Gasteiger partial charge in [0.15, 0.2) is 11.6 Å². The summed E-state index contributed by atoms with van der Waals surface area (Å²) in [7, 11) is 1.81. The predicted molar refractivity (Wildman–Crippen MR) is 124 cm³/mol. The molecule has 4 aromatic rings. The zero-order valence-electron chi connectivity index (χ0n) is 18.2. The maximum absolute atomic E-state index is 14.3. The number of benzene rings is 2. The van der Waals surface area contributed by atoms with Crippen molar-refractivity contribution in [1.82, 2.24) is 19.8 Å². The van der Waals surface area contributed by atoms with Crippen LogP contribution >= 0.6 is 0 Å². The molecule has 0 unspecified atom stereocenters. The van der Waals surface area contributed by atoms with Gasteiger partial charge in [0.25, 0.3) is 5.56 Å². The molecule has 1 fully saturated rings. The van der Waals surface area contributed by atoms with E-state index in [0.717, 1.165) is 66.9 Å². The topological polar surface area (TPSA) is 62.3 Å². The first kappa shape index (κ1) is 21.4. The number of aromatic amines is 1. The molecule has 3 heterocycles. The van der Waals surface area contributed by atoms with Crippen molar-refractivity contribution in [3.63, 3.8) is 0 Å². The van der Waals surface area contributed by atoms with E-state index in [1.165, 1.54) is 6.07 Å². The Morgan fingerprint density at radius 3 is 2.58 bits per heavy atom. The molecular weight excluding hydrogens is 426 g/mol. The van der Waals surface area contributed by atoms with Crippen molar-refractivity contribution < 1.29 is 13.5 Å². The van der Waals surface area contributed by atoms with Crippen LogP contribution in [0.25, 0.3) is 22.0 Å².